The number of rotatable bonds is 8. The van der Waals surface area contributed by atoms with E-state index < -0.39 is 13.0 Å². The van der Waals surface area contributed by atoms with E-state index in [1.807, 2.05) is 18.2 Å². The van der Waals surface area contributed by atoms with Gasteiger partial charge in [0.05, 0.1) is 18.1 Å². The number of hydrogen-bond acceptors (Lipinski definition) is 10. The molecule has 12 nitrogen and oxygen atoms in total. The Labute approximate surface area is 188 Å². The number of benzene rings is 2. The molecule has 2 aromatic heterocycles. The summed E-state index contributed by atoms with van der Waals surface area (Å²) in [6, 6.07) is 12.4. The van der Waals surface area contributed by atoms with E-state index in [1.165, 1.54) is 7.11 Å². The number of imidazole rings is 1. The quantitative estimate of drug-likeness (QED) is 0.211. The third-order valence-electron chi connectivity index (χ3n) is 4.96. The summed E-state index contributed by atoms with van der Waals surface area (Å²) in [6.45, 7) is 0.490. The third kappa shape index (κ3) is 4.32. The number of aromatic nitrogens is 5. The zero-order valence-electron chi connectivity index (χ0n) is 17.6. The standard InChI is InChI=1S/C20H21BN8O4/c1-33-20-25-15-12(9-22)5-3-7-14(15)29(20)19-26-18(16(17(23)30)27-28-19)24-10-11-4-2-6-13(8-11)21(31)32/h2-8,31-32H,9-10,22H2,1H3,(H2,23,30)(H,24,26,28). The molecule has 2 heterocycles. The lowest BCUT2D eigenvalue weighted by Crippen LogP contribution is -2.30. The second kappa shape index (κ2) is 9.20. The molecule has 0 saturated carbocycles. The summed E-state index contributed by atoms with van der Waals surface area (Å²) >= 11 is 0. The monoisotopic (exact) mass is 448 g/mol. The van der Waals surface area contributed by atoms with Crippen LogP contribution in [0.5, 0.6) is 6.01 Å². The molecule has 4 rings (SSSR count). The van der Waals surface area contributed by atoms with Crippen molar-refractivity contribution in [2.24, 2.45) is 11.5 Å². The molecule has 0 radical (unpaired) electrons. The molecule has 1 amide bonds. The average molecular weight is 448 g/mol. The highest BCUT2D eigenvalue weighted by atomic mass is 16.5. The first-order valence-corrected chi connectivity index (χ1v) is 9.91. The fraction of sp³-hybridized carbons (Fsp3) is 0.150. The second-order valence-corrected chi connectivity index (χ2v) is 7.07. The molecule has 4 aromatic rings. The number of carbonyl (C=O) groups is 1. The fourth-order valence-electron chi connectivity index (χ4n) is 3.38. The van der Waals surface area contributed by atoms with Gasteiger partial charge in [-0.15, -0.1) is 10.2 Å². The molecule has 2 aromatic carbocycles. The molecular formula is C20H21BN8O4. The predicted molar refractivity (Wildman–Crippen MR) is 121 cm³/mol. The van der Waals surface area contributed by atoms with Gasteiger partial charge in [-0.05, 0) is 22.7 Å². The molecule has 0 aliphatic carbocycles. The Kier molecular flexibility index (Phi) is 6.17. The number of ether oxygens (including phenoxy) is 1. The van der Waals surface area contributed by atoms with Crippen molar-refractivity contribution >= 4 is 35.3 Å². The minimum atomic E-state index is -1.60. The van der Waals surface area contributed by atoms with Gasteiger partial charge in [0, 0.05) is 13.1 Å². The first-order valence-electron chi connectivity index (χ1n) is 9.91. The van der Waals surface area contributed by atoms with Crippen LogP contribution in [-0.4, -0.2) is 54.9 Å². The SMILES string of the molecule is COc1nc2c(CN)cccc2n1-c1nnc(C(N)=O)c(NCc2cccc(B(O)O)c2)n1. The zero-order valence-corrected chi connectivity index (χ0v) is 17.6. The molecule has 0 aliphatic heterocycles. The molecule has 33 heavy (non-hydrogen) atoms. The molecule has 0 spiro atoms. The van der Waals surface area contributed by atoms with E-state index in [4.69, 9.17) is 16.2 Å². The maximum Gasteiger partial charge on any atom is 0.488 e. The second-order valence-electron chi connectivity index (χ2n) is 7.07. The Morgan fingerprint density at radius 2 is 1.97 bits per heavy atom. The van der Waals surface area contributed by atoms with Crippen molar-refractivity contribution in [1.29, 1.82) is 0 Å². The number of hydrogen-bond donors (Lipinski definition) is 5. The number of carbonyl (C=O) groups excluding carboxylic acids is 1. The van der Waals surface area contributed by atoms with E-state index >= 15 is 0 Å². The Hall–Kier alpha value is -4.07. The summed E-state index contributed by atoms with van der Waals surface area (Å²) in [6.07, 6.45) is 0. The number of anilines is 1. The van der Waals surface area contributed by atoms with Gasteiger partial charge in [0.1, 0.15) is 0 Å². The van der Waals surface area contributed by atoms with Crippen molar-refractivity contribution in [2.45, 2.75) is 13.1 Å². The van der Waals surface area contributed by atoms with Crippen molar-refractivity contribution in [3.05, 3.63) is 59.3 Å². The molecule has 0 bridgehead atoms. The molecule has 168 valence electrons. The van der Waals surface area contributed by atoms with Crippen molar-refractivity contribution in [1.82, 2.24) is 24.7 Å². The lowest BCUT2D eigenvalue weighted by molar-refractivity contribution is 0.0995. The van der Waals surface area contributed by atoms with Crippen LogP contribution in [0, 0.1) is 0 Å². The first-order chi connectivity index (χ1) is 15.9. The van der Waals surface area contributed by atoms with Crippen molar-refractivity contribution in [3.63, 3.8) is 0 Å². The summed E-state index contributed by atoms with van der Waals surface area (Å²) in [5, 5.41) is 29.8. The summed E-state index contributed by atoms with van der Waals surface area (Å²) < 4.78 is 6.97. The number of primary amides is 1. The topological polar surface area (TPSA) is 187 Å². The largest absolute Gasteiger partial charge is 0.488 e. The number of para-hydroxylation sites is 1. The Morgan fingerprint density at radius 1 is 1.18 bits per heavy atom. The first kappa shape index (κ1) is 22.1. The molecule has 0 unspecified atom stereocenters. The van der Waals surface area contributed by atoms with Gasteiger partial charge in [-0.1, -0.05) is 36.4 Å². The Bertz CT molecular complexity index is 1330. The number of nitrogens with one attached hydrogen (secondary N) is 1. The van der Waals surface area contributed by atoms with Crippen LogP contribution in [0.25, 0.3) is 17.0 Å². The van der Waals surface area contributed by atoms with Crippen LogP contribution < -0.4 is 27.0 Å². The highest BCUT2D eigenvalue weighted by Crippen LogP contribution is 2.27. The lowest BCUT2D eigenvalue weighted by atomic mass is 9.80. The van der Waals surface area contributed by atoms with Crippen LogP contribution >= 0.6 is 0 Å². The zero-order chi connectivity index (χ0) is 23.5. The summed E-state index contributed by atoms with van der Waals surface area (Å²) in [4.78, 5) is 20.8. The van der Waals surface area contributed by atoms with Gasteiger partial charge in [0.15, 0.2) is 11.5 Å². The summed E-state index contributed by atoms with van der Waals surface area (Å²) in [7, 11) is -0.133. The molecule has 7 N–H and O–H groups in total. The van der Waals surface area contributed by atoms with Crippen LogP contribution in [0.15, 0.2) is 42.5 Å². The highest BCUT2D eigenvalue weighted by molar-refractivity contribution is 6.58. The molecule has 0 saturated heterocycles. The van der Waals surface area contributed by atoms with E-state index in [0.717, 1.165) is 11.1 Å². The lowest BCUT2D eigenvalue weighted by Gasteiger charge is -2.12. The van der Waals surface area contributed by atoms with Crippen molar-refractivity contribution in [3.8, 4) is 12.0 Å². The van der Waals surface area contributed by atoms with Gasteiger partial charge >= 0.3 is 13.1 Å². The average Bonchev–Trinajstić information content (AvgIpc) is 3.21. The molecule has 0 aliphatic rings. The van der Waals surface area contributed by atoms with E-state index in [9.17, 15) is 14.8 Å². The highest BCUT2D eigenvalue weighted by Gasteiger charge is 2.21. The molecule has 0 fully saturated rings. The number of amides is 1. The summed E-state index contributed by atoms with van der Waals surface area (Å²) in [5.74, 6) is -0.603. The van der Waals surface area contributed by atoms with Crippen LogP contribution in [0.3, 0.4) is 0 Å². The van der Waals surface area contributed by atoms with E-state index in [2.05, 4.69) is 25.5 Å². The van der Waals surface area contributed by atoms with Crippen LogP contribution in [0.2, 0.25) is 0 Å². The smallest absolute Gasteiger partial charge is 0.468 e. The van der Waals surface area contributed by atoms with Gasteiger partial charge < -0.3 is 31.6 Å². The number of fused-ring (bicyclic) bond motifs is 1. The maximum absolute atomic E-state index is 11.9. The number of nitrogens with two attached hydrogens (primary N) is 2. The fourth-order valence-corrected chi connectivity index (χ4v) is 3.38. The van der Waals surface area contributed by atoms with Crippen molar-refractivity contribution < 1.29 is 19.6 Å². The van der Waals surface area contributed by atoms with Crippen LogP contribution in [0.4, 0.5) is 5.82 Å². The van der Waals surface area contributed by atoms with Crippen molar-refractivity contribution in [2.75, 3.05) is 12.4 Å². The van der Waals surface area contributed by atoms with Gasteiger partial charge in [0.2, 0.25) is 0 Å². The summed E-state index contributed by atoms with van der Waals surface area (Å²) in [5.41, 5.74) is 14.3. The normalized spacial score (nSPS) is 10.9. The van der Waals surface area contributed by atoms with E-state index in [0.29, 0.717) is 16.5 Å². The minimum absolute atomic E-state index is 0.0985. The van der Waals surface area contributed by atoms with Crippen LogP contribution in [0.1, 0.15) is 21.6 Å². The minimum Gasteiger partial charge on any atom is -0.468 e. The number of nitrogens with zero attached hydrogens (tertiary/aromatic N) is 5. The molecule has 13 heteroatoms. The van der Waals surface area contributed by atoms with Gasteiger partial charge in [-0.25, -0.2) is 4.57 Å². The van der Waals surface area contributed by atoms with Gasteiger partial charge in [0.25, 0.3) is 11.9 Å². The third-order valence-corrected chi connectivity index (χ3v) is 4.96. The van der Waals surface area contributed by atoms with Gasteiger partial charge in [-0.2, -0.15) is 9.97 Å². The van der Waals surface area contributed by atoms with E-state index in [-0.39, 0.29) is 36.6 Å². The molecular weight excluding hydrogens is 427 g/mol. The Morgan fingerprint density at radius 3 is 2.67 bits per heavy atom. The van der Waals surface area contributed by atoms with Gasteiger partial charge in [-0.3, -0.25) is 4.79 Å². The molecule has 0 atom stereocenters. The van der Waals surface area contributed by atoms with Crippen LogP contribution in [-0.2, 0) is 13.1 Å². The number of methoxy groups -OCH3 is 1. The maximum atomic E-state index is 11.9. The Balaban J connectivity index is 1.76. The predicted octanol–water partition coefficient (Wildman–Crippen LogP) is -0.931. The van der Waals surface area contributed by atoms with E-state index in [1.54, 1.807) is 28.8 Å².